The fourth-order valence-corrected chi connectivity index (χ4v) is 3.21. The van der Waals surface area contributed by atoms with Crippen LogP contribution in [-0.4, -0.2) is 28.4 Å². The quantitative estimate of drug-likeness (QED) is 0.883. The van der Waals surface area contributed by atoms with Gasteiger partial charge in [0.1, 0.15) is 5.69 Å². The number of amides is 1. The molecule has 2 heterocycles. The Hall–Kier alpha value is -1.77. The van der Waals surface area contributed by atoms with Crippen molar-refractivity contribution in [3.8, 4) is 0 Å². The van der Waals surface area contributed by atoms with Crippen LogP contribution < -0.4 is 0 Å². The highest BCUT2D eigenvalue weighted by atomic mass is 16.2. The predicted octanol–water partition coefficient (Wildman–Crippen LogP) is 3.88. The average Bonchev–Trinajstić information content (AvgIpc) is 2.89. The summed E-state index contributed by atoms with van der Waals surface area (Å²) in [7, 11) is 0. The molecule has 1 amide bonds. The Morgan fingerprint density at radius 1 is 1.35 bits per heavy atom. The number of carbonyl (C=O) groups is 1. The number of carbonyl (C=O) groups excluding carboxylic acids is 1. The maximum Gasteiger partial charge on any atom is 0.270 e. The molecule has 1 atom stereocenters. The molecule has 0 radical (unpaired) electrons. The Morgan fingerprint density at radius 3 is 3.00 bits per heavy atom. The van der Waals surface area contributed by atoms with Gasteiger partial charge in [0.15, 0.2) is 0 Å². The molecule has 1 aliphatic heterocycles. The molecule has 0 saturated carbocycles. The fraction of sp³-hybridized carbons (Fsp3) is 0.471. The van der Waals surface area contributed by atoms with Gasteiger partial charge in [0.25, 0.3) is 5.91 Å². The monoisotopic (exact) mass is 270 g/mol. The molecule has 1 aliphatic rings. The van der Waals surface area contributed by atoms with Crippen LogP contribution in [-0.2, 0) is 0 Å². The van der Waals surface area contributed by atoms with Gasteiger partial charge in [-0.1, -0.05) is 18.6 Å². The van der Waals surface area contributed by atoms with E-state index in [0.717, 1.165) is 42.4 Å². The van der Waals surface area contributed by atoms with E-state index in [1.165, 1.54) is 12.0 Å². The molecule has 3 heteroatoms. The summed E-state index contributed by atoms with van der Waals surface area (Å²) in [5.74, 6) is 0.158. The van der Waals surface area contributed by atoms with Gasteiger partial charge in [0, 0.05) is 23.5 Å². The van der Waals surface area contributed by atoms with Gasteiger partial charge in [-0.05, 0) is 50.8 Å². The van der Waals surface area contributed by atoms with Crippen molar-refractivity contribution >= 4 is 16.8 Å². The number of aromatic amines is 1. The highest BCUT2D eigenvalue weighted by Gasteiger charge is 2.26. The van der Waals surface area contributed by atoms with Crippen LogP contribution in [0.2, 0.25) is 0 Å². The zero-order chi connectivity index (χ0) is 14.1. The summed E-state index contributed by atoms with van der Waals surface area (Å²) in [6.07, 6.45) is 4.56. The molecular weight excluding hydrogens is 248 g/mol. The first-order valence-corrected chi connectivity index (χ1v) is 7.59. The van der Waals surface area contributed by atoms with Gasteiger partial charge in [-0.2, -0.15) is 0 Å². The number of aromatic nitrogens is 1. The number of nitrogens with zero attached hydrogens (tertiary/aromatic N) is 1. The molecule has 3 nitrogen and oxygen atoms in total. The number of fused-ring (bicyclic) bond motifs is 1. The number of hydrogen-bond acceptors (Lipinski definition) is 1. The van der Waals surface area contributed by atoms with E-state index in [9.17, 15) is 4.79 Å². The lowest BCUT2D eigenvalue weighted by Gasteiger charge is -2.35. The summed E-state index contributed by atoms with van der Waals surface area (Å²) >= 11 is 0. The molecule has 0 aliphatic carbocycles. The Bertz CT molecular complexity index is 629. The van der Waals surface area contributed by atoms with E-state index in [1.54, 1.807) is 0 Å². The second-order valence-corrected chi connectivity index (χ2v) is 5.83. The highest BCUT2D eigenvalue weighted by molar-refractivity contribution is 5.98. The van der Waals surface area contributed by atoms with Crippen LogP contribution in [0.5, 0.6) is 0 Å². The smallest absolute Gasteiger partial charge is 0.270 e. The number of nitrogens with one attached hydrogen (secondary N) is 1. The van der Waals surface area contributed by atoms with Gasteiger partial charge in [0.05, 0.1) is 0 Å². The van der Waals surface area contributed by atoms with Gasteiger partial charge < -0.3 is 9.88 Å². The molecule has 2 aromatic rings. The van der Waals surface area contributed by atoms with E-state index in [2.05, 4.69) is 41.9 Å². The molecule has 3 rings (SSSR count). The Labute approximate surface area is 120 Å². The first-order valence-electron chi connectivity index (χ1n) is 7.59. The van der Waals surface area contributed by atoms with Crippen molar-refractivity contribution in [2.24, 2.45) is 0 Å². The third-order valence-corrected chi connectivity index (χ3v) is 4.37. The molecule has 1 fully saturated rings. The minimum Gasteiger partial charge on any atom is -0.351 e. The van der Waals surface area contributed by atoms with E-state index in [0.29, 0.717) is 6.04 Å². The molecule has 0 spiro atoms. The van der Waals surface area contributed by atoms with Crippen LogP contribution in [0.25, 0.3) is 10.9 Å². The van der Waals surface area contributed by atoms with Crippen LogP contribution in [0.1, 0.15) is 48.7 Å². The molecule has 1 N–H and O–H groups in total. The second kappa shape index (κ2) is 5.31. The van der Waals surface area contributed by atoms with Crippen molar-refractivity contribution in [1.82, 2.24) is 9.88 Å². The highest BCUT2D eigenvalue weighted by Crippen LogP contribution is 2.23. The number of benzene rings is 1. The Kier molecular flexibility index (Phi) is 3.51. The lowest BCUT2D eigenvalue weighted by molar-refractivity contribution is 0.0603. The molecule has 1 saturated heterocycles. The third kappa shape index (κ3) is 2.33. The van der Waals surface area contributed by atoms with E-state index >= 15 is 0 Å². The second-order valence-electron chi connectivity index (χ2n) is 5.83. The number of likely N-dealkylation sites (tertiary alicyclic amines) is 1. The van der Waals surface area contributed by atoms with Crippen molar-refractivity contribution in [2.75, 3.05) is 6.54 Å². The van der Waals surface area contributed by atoms with Crippen LogP contribution >= 0.6 is 0 Å². The van der Waals surface area contributed by atoms with Gasteiger partial charge in [-0.25, -0.2) is 0 Å². The molecule has 1 aromatic carbocycles. The van der Waals surface area contributed by atoms with Gasteiger partial charge >= 0.3 is 0 Å². The molecule has 20 heavy (non-hydrogen) atoms. The average molecular weight is 270 g/mol. The van der Waals surface area contributed by atoms with Crippen LogP contribution in [0, 0.1) is 6.92 Å². The molecule has 0 bridgehead atoms. The van der Waals surface area contributed by atoms with Crippen molar-refractivity contribution in [1.29, 1.82) is 0 Å². The van der Waals surface area contributed by atoms with Crippen molar-refractivity contribution in [2.45, 2.75) is 45.6 Å². The molecule has 1 unspecified atom stereocenters. The number of hydrogen-bond donors (Lipinski definition) is 1. The zero-order valence-electron chi connectivity index (χ0n) is 12.3. The summed E-state index contributed by atoms with van der Waals surface area (Å²) < 4.78 is 0. The van der Waals surface area contributed by atoms with E-state index in [-0.39, 0.29) is 5.91 Å². The summed E-state index contributed by atoms with van der Waals surface area (Å²) in [6.45, 7) is 5.14. The standard InChI is InChI=1S/C17H22N2O/c1-3-14-6-4-5-9-19(14)17(20)16-11-13-10-12(2)7-8-15(13)18-16/h7-8,10-11,14,18H,3-6,9H2,1-2H3. The largest absolute Gasteiger partial charge is 0.351 e. The molecular formula is C17H22N2O. The first kappa shape index (κ1) is 13.2. The number of rotatable bonds is 2. The Morgan fingerprint density at radius 2 is 2.20 bits per heavy atom. The Balaban J connectivity index is 1.91. The SMILES string of the molecule is CCC1CCCCN1C(=O)c1cc2cc(C)ccc2[nH]1. The predicted molar refractivity (Wildman–Crippen MR) is 82.0 cm³/mol. The summed E-state index contributed by atoms with van der Waals surface area (Å²) in [4.78, 5) is 18.0. The van der Waals surface area contributed by atoms with Crippen molar-refractivity contribution in [3.63, 3.8) is 0 Å². The van der Waals surface area contributed by atoms with Crippen molar-refractivity contribution < 1.29 is 4.79 Å². The number of aryl methyl sites for hydroxylation is 1. The van der Waals surface area contributed by atoms with E-state index in [4.69, 9.17) is 0 Å². The maximum atomic E-state index is 12.7. The van der Waals surface area contributed by atoms with Gasteiger partial charge in [-0.15, -0.1) is 0 Å². The summed E-state index contributed by atoms with van der Waals surface area (Å²) in [6, 6.07) is 8.64. The zero-order valence-corrected chi connectivity index (χ0v) is 12.3. The van der Waals surface area contributed by atoms with E-state index in [1.807, 2.05) is 6.07 Å². The molecule has 1 aromatic heterocycles. The first-order chi connectivity index (χ1) is 9.69. The molecule has 106 valence electrons. The third-order valence-electron chi connectivity index (χ3n) is 4.37. The summed E-state index contributed by atoms with van der Waals surface area (Å²) in [5.41, 5.74) is 3.00. The van der Waals surface area contributed by atoms with Gasteiger partial charge in [0.2, 0.25) is 0 Å². The normalized spacial score (nSPS) is 19.5. The number of piperidine rings is 1. The lowest BCUT2D eigenvalue weighted by Crippen LogP contribution is -2.43. The van der Waals surface area contributed by atoms with Gasteiger partial charge in [-0.3, -0.25) is 4.79 Å². The maximum absolute atomic E-state index is 12.7. The van der Waals surface area contributed by atoms with Crippen LogP contribution in [0.15, 0.2) is 24.3 Å². The van der Waals surface area contributed by atoms with Crippen molar-refractivity contribution in [3.05, 3.63) is 35.5 Å². The summed E-state index contributed by atoms with van der Waals surface area (Å²) in [5, 5.41) is 1.12. The van der Waals surface area contributed by atoms with E-state index < -0.39 is 0 Å². The van der Waals surface area contributed by atoms with Crippen LogP contribution in [0.4, 0.5) is 0 Å². The topological polar surface area (TPSA) is 36.1 Å². The lowest BCUT2D eigenvalue weighted by atomic mass is 9.99. The number of H-pyrrole nitrogens is 1. The van der Waals surface area contributed by atoms with Crippen LogP contribution in [0.3, 0.4) is 0 Å². The minimum absolute atomic E-state index is 0.158. The minimum atomic E-state index is 0.158. The fourth-order valence-electron chi connectivity index (χ4n) is 3.21.